The van der Waals surface area contributed by atoms with Crippen molar-refractivity contribution in [2.45, 2.75) is 71.1 Å². The number of hydrogen-bond acceptors (Lipinski definition) is 2. The fraction of sp³-hybridized carbons (Fsp3) is 1.00. The van der Waals surface area contributed by atoms with E-state index in [0.29, 0.717) is 12.1 Å². The van der Waals surface area contributed by atoms with Gasteiger partial charge in [-0.1, -0.05) is 26.7 Å². The Morgan fingerprint density at radius 2 is 1.93 bits per heavy atom. The molecule has 1 fully saturated rings. The van der Waals surface area contributed by atoms with Crippen molar-refractivity contribution >= 4 is 0 Å². The van der Waals surface area contributed by atoms with Crippen molar-refractivity contribution in [1.82, 2.24) is 5.32 Å². The molecule has 0 radical (unpaired) electrons. The average Bonchev–Trinajstić information content (AvgIpc) is 2.54. The van der Waals surface area contributed by atoms with Crippen molar-refractivity contribution in [3.8, 4) is 0 Å². The van der Waals surface area contributed by atoms with E-state index >= 15 is 0 Å². The third-order valence-corrected chi connectivity index (χ3v) is 3.71. The fourth-order valence-corrected chi connectivity index (χ4v) is 2.60. The molecule has 1 aliphatic carbocycles. The maximum Gasteiger partial charge on any atom is 0.0693 e. The second-order valence-electron chi connectivity index (χ2n) is 4.64. The lowest BCUT2D eigenvalue weighted by Crippen LogP contribution is -2.44. The Morgan fingerprint density at radius 3 is 2.36 bits per heavy atom. The number of hydrogen-bond donors (Lipinski definition) is 2. The van der Waals surface area contributed by atoms with Crippen LogP contribution in [0.3, 0.4) is 0 Å². The number of aliphatic hydroxyl groups excluding tert-OH is 1. The number of aliphatic hydroxyl groups is 1. The Balaban J connectivity index is 2.34. The van der Waals surface area contributed by atoms with Crippen LogP contribution in [0.1, 0.15) is 52.9 Å². The van der Waals surface area contributed by atoms with E-state index in [1.54, 1.807) is 0 Å². The summed E-state index contributed by atoms with van der Waals surface area (Å²) < 4.78 is 0. The van der Waals surface area contributed by atoms with Crippen LogP contribution in [0.5, 0.6) is 0 Å². The largest absolute Gasteiger partial charge is 0.392 e. The molecule has 0 bridgehead atoms. The van der Waals surface area contributed by atoms with Crippen molar-refractivity contribution in [2.24, 2.45) is 5.92 Å². The molecule has 0 aromatic heterocycles. The quantitative estimate of drug-likeness (QED) is 0.712. The molecule has 0 saturated heterocycles. The molecule has 0 heterocycles. The summed E-state index contributed by atoms with van der Waals surface area (Å²) in [4.78, 5) is 0. The Bertz CT molecular complexity index is 156. The topological polar surface area (TPSA) is 32.3 Å². The van der Waals surface area contributed by atoms with Crippen LogP contribution in [0.15, 0.2) is 0 Å². The maximum absolute atomic E-state index is 9.70. The third-order valence-electron chi connectivity index (χ3n) is 3.71. The monoisotopic (exact) mass is 199 g/mol. The van der Waals surface area contributed by atoms with Crippen molar-refractivity contribution in [1.29, 1.82) is 0 Å². The number of nitrogens with one attached hydrogen (secondary N) is 1. The van der Waals surface area contributed by atoms with Gasteiger partial charge in [0, 0.05) is 12.1 Å². The molecule has 1 unspecified atom stereocenters. The van der Waals surface area contributed by atoms with E-state index < -0.39 is 0 Å². The molecule has 0 aliphatic heterocycles. The molecule has 2 nitrogen and oxygen atoms in total. The first-order chi connectivity index (χ1) is 6.69. The van der Waals surface area contributed by atoms with Crippen LogP contribution in [0.2, 0.25) is 0 Å². The van der Waals surface area contributed by atoms with Crippen LogP contribution < -0.4 is 5.32 Å². The Morgan fingerprint density at radius 1 is 1.29 bits per heavy atom. The van der Waals surface area contributed by atoms with Crippen LogP contribution in [0, 0.1) is 5.92 Å². The second-order valence-corrected chi connectivity index (χ2v) is 4.64. The predicted molar refractivity (Wildman–Crippen MR) is 60.3 cm³/mol. The Kier molecular flexibility index (Phi) is 4.90. The highest BCUT2D eigenvalue weighted by atomic mass is 16.3. The molecule has 1 saturated carbocycles. The predicted octanol–water partition coefficient (Wildman–Crippen LogP) is 2.31. The van der Waals surface area contributed by atoms with Crippen molar-refractivity contribution < 1.29 is 5.11 Å². The van der Waals surface area contributed by atoms with E-state index in [9.17, 15) is 5.11 Å². The van der Waals surface area contributed by atoms with Crippen LogP contribution in [0.25, 0.3) is 0 Å². The van der Waals surface area contributed by atoms with Gasteiger partial charge in [0.25, 0.3) is 0 Å². The molecule has 1 aliphatic rings. The van der Waals surface area contributed by atoms with E-state index in [1.165, 1.54) is 19.3 Å². The van der Waals surface area contributed by atoms with E-state index in [1.807, 2.05) is 0 Å². The smallest absolute Gasteiger partial charge is 0.0693 e. The van der Waals surface area contributed by atoms with Crippen LogP contribution in [0.4, 0.5) is 0 Å². The first-order valence-electron chi connectivity index (χ1n) is 6.13. The van der Waals surface area contributed by atoms with E-state index in [0.717, 1.165) is 18.8 Å². The van der Waals surface area contributed by atoms with Crippen LogP contribution in [-0.2, 0) is 0 Å². The minimum absolute atomic E-state index is 0.105. The zero-order valence-corrected chi connectivity index (χ0v) is 9.79. The normalized spacial score (nSPS) is 29.8. The van der Waals surface area contributed by atoms with Gasteiger partial charge in [-0.05, 0) is 32.1 Å². The van der Waals surface area contributed by atoms with E-state index in [4.69, 9.17) is 0 Å². The standard InChI is InChI=1S/C12H25NO/c1-4-10(5-2)9(3)13-11-7-6-8-12(11)14/h9-14H,4-8H2,1-3H3/t9?,11-,12-/m1/s1. The van der Waals surface area contributed by atoms with Gasteiger partial charge in [0.2, 0.25) is 0 Å². The molecule has 2 N–H and O–H groups in total. The van der Waals surface area contributed by atoms with Crippen LogP contribution >= 0.6 is 0 Å². The molecule has 0 amide bonds. The van der Waals surface area contributed by atoms with Gasteiger partial charge < -0.3 is 10.4 Å². The van der Waals surface area contributed by atoms with Gasteiger partial charge in [-0.2, -0.15) is 0 Å². The van der Waals surface area contributed by atoms with Gasteiger partial charge in [0.1, 0.15) is 0 Å². The summed E-state index contributed by atoms with van der Waals surface area (Å²) in [5.74, 6) is 0.753. The van der Waals surface area contributed by atoms with Gasteiger partial charge in [-0.15, -0.1) is 0 Å². The molecule has 14 heavy (non-hydrogen) atoms. The molecule has 84 valence electrons. The maximum atomic E-state index is 9.70. The lowest BCUT2D eigenvalue weighted by Gasteiger charge is -2.27. The first kappa shape index (κ1) is 12.0. The lowest BCUT2D eigenvalue weighted by atomic mass is 9.94. The highest BCUT2D eigenvalue weighted by molar-refractivity contribution is 4.85. The molecule has 0 spiro atoms. The molecule has 0 aromatic carbocycles. The molecule has 0 aromatic rings. The zero-order valence-electron chi connectivity index (χ0n) is 9.79. The minimum atomic E-state index is -0.105. The van der Waals surface area contributed by atoms with Gasteiger partial charge in [0.15, 0.2) is 0 Å². The van der Waals surface area contributed by atoms with Crippen LogP contribution in [-0.4, -0.2) is 23.3 Å². The second kappa shape index (κ2) is 5.72. The molecular formula is C12H25NO. The van der Waals surface area contributed by atoms with Crippen molar-refractivity contribution in [3.63, 3.8) is 0 Å². The van der Waals surface area contributed by atoms with Gasteiger partial charge in [-0.25, -0.2) is 0 Å². The SMILES string of the molecule is CCC(CC)C(C)N[C@@H]1CCC[C@H]1O. The zero-order chi connectivity index (χ0) is 10.6. The summed E-state index contributed by atoms with van der Waals surface area (Å²) in [6.45, 7) is 6.75. The summed E-state index contributed by atoms with van der Waals surface area (Å²) >= 11 is 0. The Hall–Kier alpha value is -0.0800. The summed E-state index contributed by atoms with van der Waals surface area (Å²) in [6.07, 6.45) is 5.65. The van der Waals surface area contributed by atoms with E-state index in [-0.39, 0.29) is 6.10 Å². The van der Waals surface area contributed by atoms with E-state index in [2.05, 4.69) is 26.1 Å². The summed E-state index contributed by atoms with van der Waals surface area (Å²) in [6, 6.07) is 0.897. The molecule has 2 heteroatoms. The number of rotatable bonds is 5. The lowest BCUT2D eigenvalue weighted by molar-refractivity contribution is 0.137. The third kappa shape index (κ3) is 2.96. The summed E-state index contributed by atoms with van der Waals surface area (Å²) in [5, 5.41) is 13.3. The Labute approximate surface area is 88.1 Å². The van der Waals surface area contributed by atoms with Crippen molar-refractivity contribution in [3.05, 3.63) is 0 Å². The first-order valence-corrected chi connectivity index (χ1v) is 6.13. The van der Waals surface area contributed by atoms with Gasteiger partial charge in [0.05, 0.1) is 6.10 Å². The van der Waals surface area contributed by atoms with Gasteiger partial charge >= 0.3 is 0 Å². The van der Waals surface area contributed by atoms with Crippen molar-refractivity contribution in [2.75, 3.05) is 0 Å². The highest BCUT2D eigenvalue weighted by Crippen LogP contribution is 2.21. The highest BCUT2D eigenvalue weighted by Gasteiger charge is 2.27. The molecule has 3 atom stereocenters. The molecule has 1 rings (SSSR count). The fourth-order valence-electron chi connectivity index (χ4n) is 2.60. The average molecular weight is 199 g/mol. The minimum Gasteiger partial charge on any atom is -0.392 e. The molecular weight excluding hydrogens is 174 g/mol. The summed E-state index contributed by atoms with van der Waals surface area (Å²) in [7, 11) is 0. The summed E-state index contributed by atoms with van der Waals surface area (Å²) in [5.41, 5.74) is 0. The van der Waals surface area contributed by atoms with Gasteiger partial charge in [-0.3, -0.25) is 0 Å².